The molecule has 3 aromatic carbocycles. The van der Waals surface area contributed by atoms with Crippen molar-refractivity contribution in [3.8, 4) is 17.1 Å². The molecular weight excluding hydrogens is 494 g/mol. The molecule has 0 fully saturated rings. The molecule has 0 radical (unpaired) electrons. The van der Waals surface area contributed by atoms with Crippen molar-refractivity contribution in [2.24, 2.45) is 0 Å². The summed E-state index contributed by atoms with van der Waals surface area (Å²) < 4.78 is 8.08. The topological polar surface area (TPSA) is 81.1 Å². The highest BCUT2D eigenvalue weighted by Crippen LogP contribution is 2.37. The number of amides is 1. The van der Waals surface area contributed by atoms with Gasteiger partial charge in [0.1, 0.15) is 11.8 Å². The Morgan fingerprint density at radius 1 is 1.06 bits per heavy atom. The first kappa shape index (κ1) is 21.9. The molecule has 2 heterocycles. The Hall–Kier alpha value is -3.91. The fourth-order valence-corrected chi connectivity index (χ4v) is 4.27. The number of allylic oxidation sites excluding steroid dienone is 1. The third-order valence-electron chi connectivity index (χ3n) is 5.64. The molecule has 1 aliphatic heterocycles. The van der Waals surface area contributed by atoms with Crippen LogP contribution in [0.15, 0.2) is 94.6 Å². The van der Waals surface area contributed by atoms with Gasteiger partial charge in [-0.25, -0.2) is 4.68 Å². The van der Waals surface area contributed by atoms with E-state index in [4.69, 9.17) is 14.8 Å². The van der Waals surface area contributed by atoms with Crippen molar-refractivity contribution in [2.75, 3.05) is 17.7 Å². The van der Waals surface area contributed by atoms with Crippen LogP contribution in [0.25, 0.3) is 11.4 Å². The molecule has 0 aliphatic carbocycles. The Kier molecular flexibility index (Phi) is 5.90. The standard InChI is InChI=1S/C26H22BrN5O2/c1-16-22(25(33)29-20-8-4-3-5-9-20)23(17-11-13-19(27)14-12-17)32-26(28-16)30-24(31-32)18-7-6-10-21(15-18)34-2/h3-15,23H,1-2H3,(H,29,33)(H,28,30,31). The van der Waals surface area contributed by atoms with Crippen molar-refractivity contribution in [3.05, 3.63) is 100 Å². The van der Waals surface area contributed by atoms with Crippen molar-refractivity contribution in [1.29, 1.82) is 0 Å². The minimum atomic E-state index is -0.458. The Balaban J connectivity index is 1.60. The number of fused-ring (bicyclic) bond motifs is 1. The van der Waals surface area contributed by atoms with Crippen LogP contribution in [-0.2, 0) is 4.79 Å². The molecule has 0 saturated heterocycles. The average Bonchev–Trinajstić information content (AvgIpc) is 3.28. The van der Waals surface area contributed by atoms with E-state index in [9.17, 15) is 4.79 Å². The predicted molar refractivity (Wildman–Crippen MR) is 136 cm³/mol. The Morgan fingerprint density at radius 2 is 1.82 bits per heavy atom. The molecule has 170 valence electrons. The maximum atomic E-state index is 13.5. The van der Waals surface area contributed by atoms with Crippen molar-refractivity contribution in [2.45, 2.75) is 13.0 Å². The van der Waals surface area contributed by atoms with Gasteiger partial charge in [0, 0.05) is 21.4 Å². The van der Waals surface area contributed by atoms with Gasteiger partial charge >= 0.3 is 0 Å². The number of anilines is 2. The fraction of sp³-hybridized carbons (Fsp3) is 0.115. The summed E-state index contributed by atoms with van der Waals surface area (Å²) in [6.45, 7) is 1.88. The maximum Gasteiger partial charge on any atom is 0.255 e. The minimum absolute atomic E-state index is 0.201. The molecule has 1 aliphatic rings. The zero-order valence-corrected chi connectivity index (χ0v) is 20.2. The molecular formula is C26H22BrN5O2. The van der Waals surface area contributed by atoms with Crippen LogP contribution in [0.5, 0.6) is 5.75 Å². The molecule has 4 aromatic rings. The van der Waals surface area contributed by atoms with Crippen LogP contribution in [0.1, 0.15) is 18.5 Å². The normalized spacial score (nSPS) is 14.9. The number of benzene rings is 3. The minimum Gasteiger partial charge on any atom is -0.497 e. The second kappa shape index (κ2) is 9.15. The molecule has 1 amide bonds. The van der Waals surface area contributed by atoms with Crippen molar-refractivity contribution in [3.63, 3.8) is 0 Å². The number of rotatable bonds is 5. The van der Waals surface area contributed by atoms with Gasteiger partial charge in [0.25, 0.3) is 5.91 Å². The monoisotopic (exact) mass is 515 g/mol. The molecule has 1 unspecified atom stereocenters. The summed E-state index contributed by atoms with van der Waals surface area (Å²) in [4.78, 5) is 18.2. The molecule has 5 rings (SSSR count). The summed E-state index contributed by atoms with van der Waals surface area (Å²) in [5, 5.41) is 11.1. The number of hydrogen-bond donors (Lipinski definition) is 2. The van der Waals surface area contributed by atoms with Gasteiger partial charge in [0.15, 0.2) is 5.82 Å². The van der Waals surface area contributed by atoms with Gasteiger partial charge in [-0.3, -0.25) is 4.79 Å². The first-order valence-electron chi connectivity index (χ1n) is 10.7. The second-order valence-electron chi connectivity index (χ2n) is 7.87. The second-order valence-corrected chi connectivity index (χ2v) is 8.79. The van der Waals surface area contributed by atoms with E-state index >= 15 is 0 Å². The highest BCUT2D eigenvalue weighted by atomic mass is 79.9. The van der Waals surface area contributed by atoms with Gasteiger partial charge in [-0.2, -0.15) is 4.98 Å². The van der Waals surface area contributed by atoms with Gasteiger partial charge in [0.2, 0.25) is 5.95 Å². The van der Waals surface area contributed by atoms with E-state index in [1.807, 2.05) is 85.8 Å². The molecule has 0 spiro atoms. The van der Waals surface area contributed by atoms with Crippen LogP contribution in [-0.4, -0.2) is 27.8 Å². The highest BCUT2D eigenvalue weighted by molar-refractivity contribution is 9.10. The Bertz CT molecular complexity index is 1380. The van der Waals surface area contributed by atoms with Gasteiger partial charge in [-0.15, -0.1) is 5.10 Å². The first-order chi connectivity index (χ1) is 16.5. The quantitative estimate of drug-likeness (QED) is 0.359. The van der Waals surface area contributed by atoms with Gasteiger partial charge < -0.3 is 15.4 Å². The van der Waals surface area contributed by atoms with Crippen LogP contribution in [0, 0.1) is 0 Å². The fourth-order valence-electron chi connectivity index (χ4n) is 4.00. The number of hydrogen-bond acceptors (Lipinski definition) is 5. The number of para-hydroxylation sites is 1. The number of nitrogens with one attached hydrogen (secondary N) is 2. The third kappa shape index (κ3) is 4.20. The van der Waals surface area contributed by atoms with Crippen molar-refractivity contribution in [1.82, 2.24) is 14.8 Å². The smallest absolute Gasteiger partial charge is 0.255 e. The summed E-state index contributed by atoms with van der Waals surface area (Å²) in [6.07, 6.45) is 0. The molecule has 1 atom stereocenters. The molecule has 34 heavy (non-hydrogen) atoms. The largest absolute Gasteiger partial charge is 0.497 e. The SMILES string of the molecule is COc1cccc(-c2nc3n(n2)C(c2ccc(Br)cc2)C(C(=O)Nc2ccccc2)=C(C)N3)c1. The van der Waals surface area contributed by atoms with Gasteiger partial charge in [0.05, 0.1) is 12.7 Å². The highest BCUT2D eigenvalue weighted by Gasteiger charge is 2.34. The van der Waals surface area contributed by atoms with Gasteiger partial charge in [-0.1, -0.05) is 58.4 Å². The molecule has 1 aromatic heterocycles. The number of halogens is 1. The number of methoxy groups -OCH3 is 1. The average molecular weight is 516 g/mol. The van der Waals surface area contributed by atoms with Crippen LogP contribution >= 0.6 is 15.9 Å². The lowest BCUT2D eigenvalue weighted by molar-refractivity contribution is -0.113. The first-order valence-corrected chi connectivity index (χ1v) is 11.5. The lowest BCUT2D eigenvalue weighted by atomic mass is 9.95. The van der Waals surface area contributed by atoms with E-state index in [1.54, 1.807) is 11.8 Å². The third-order valence-corrected chi connectivity index (χ3v) is 6.17. The molecule has 0 bridgehead atoms. The van der Waals surface area contributed by atoms with Crippen LogP contribution < -0.4 is 15.4 Å². The van der Waals surface area contributed by atoms with Crippen LogP contribution in [0.2, 0.25) is 0 Å². The number of ether oxygens (including phenoxy) is 1. The summed E-state index contributed by atoms with van der Waals surface area (Å²) in [5.74, 6) is 1.63. The van der Waals surface area contributed by atoms with E-state index in [0.717, 1.165) is 32.7 Å². The number of carbonyl (C=O) groups excluding carboxylic acids is 1. The molecule has 8 heteroatoms. The van der Waals surface area contributed by atoms with E-state index in [1.165, 1.54) is 0 Å². The molecule has 7 nitrogen and oxygen atoms in total. The van der Waals surface area contributed by atoms with Crippen LogP contribution in [0.4, 0.5) is 11.6 Å². The summed E-state index contributed by atoms with van der Waals surface area (Å²) >= 11 is 3.50. The predicted octanol–water partition coefficient (Wildman–Crippen LogP) is 5.64. The van der Waals surface area contributed by atoms with E-state index in [2.05, 4.69) is 26.6 Å². The summed E-state index contributed by atoms with van der Waals surface area (Å²) in [6, 6.07) is 24.4. The van der Waals surface area contributed by atoms with Crippen molar-refractivity contribution < 1.29 is 9.53 Å². The number of aromatic nitrogens is 3. The van der Waals surface area contributed by atoms with Crippen LogP contribution in [0.3, 0.4) is 0 Å². The summed E-state index contributed by atoms with van der Waals surface area (Å²) in [7, 11) is 1.63. The Labute approximate surface area is 205 Å². The number of carbonyl (C=O) groups is 1. The zero-order valence-electron chi connectivity index (χ0n) is 18.6. The lowest BCUT2D eigenvalue weighted by Gasteiger charge is -2.28. The molecule has 0 saturated carbocycles. The summed E-state index contributed by atoms with van der Waals surface area (Å²) in [5.41, 5.74) is 3.76. The zero-order chi connectivity index (χ0) is 23.7. The van der Waals surface area contributed by atoms with Crippen molar-refractivity contribution >= 4 is 33.5 Å². The molecule has 2 N–H and O–H groups in total. The number of nitrogens with zero attached hydrogens (tertiary/aromatic N) is 3. The van der Waals surface area contributed by atoms with E-state index in [-0.39, 0.29) is 5.91 Å². The van der Waals surface area contributed by atoms with E-state index in [0.29, 0.717) is 17.3 Å². The lowest BCUT2D eigenvalue weighted by Crippen LogP contribution is -2.31. The van der Waals surface area contributed by atoms with Gasteiger partial charge in [-0.05, 0) is 48.9 Å². The maximum absolute atomic E-state index is 13.5. The van der Waals surface area contributed by atoms with E-state index < -0.39 is 6.04 Å². The Morgan fingerprint density at radius 3 is 2.56 bits per heavy atom.